The van der Waals surface area contributed by atoms with Crippen LogP contribution >= 0.6 is 0 Å². The highest BCUT2D eigenvalue weighted by atomic mass is 16.5. The van der Waals surface area contributed by atoms with Crippen LogP contribution in [0.3, 0.4) is 0 Å². The Hall–Kier alpha value is -2.80. The number of fused-ring (bicyclic) bond motifs is 1. The third-order valence-corrected chi connectivity index (χ3v) is 4.03. The number of primary amides is 1. The van der Waals surface area contributed by atoms with Gasteiger partial charge in [0, 0.05) is 23.0 Å². The second-order valence-corrected chi connectivity index (χ2v) is 5.93. The summed E-state index contributed by atoms with van der Waals surface area (Å²) in [5.41, 5.74) is 7.85. The Bertz CT molecular complexity index is 764. The maximum atomic E-state index is 12.0. The summed E-state index contributed by atoms with van der Waals surface area (Å²) in [7, 11) is 0. The Morgan fingerprint density at radius 2 is 2.04 bits per heavy atom. The van der Waals surface area contributed by atoms with Gasteiger partial charge in [0.25, 0.3) is 0 Å². The summed E-state index contributed by atoms with van der Waals surface area (Å²) in [6.45, 7) is -0.462. The van der Waals surface area contributed by atoms with E-state index >= 15 is 0 Å². The molecule has 3 N–H and O–H groups in total. The number of ether oxygens (including phenoxy) is 1. The largest absolute Gasteiger partial charge is 0.368 e. The quantitative estimate of drug-likeness (QED) is 0.820. The van der Waals surface area contributed by atoms with Crippen molar-refractivity contribution in [2.24, 2.45) is 5.73 Å². The van der Waals surface area contributed by atoms with Crippen molar-refractivity contribution in [2.45, 2.75) is 25.3 Å². The Morgan fingerprint density at radius 1 is 1.24 bits per heavy atom. The molecule has 3 rings (SSSR count). The molecule has 2 aromatic rings. The lowest BCUT2D eigenvalue weighted by Gasteiger charge is -2.25. The van der Waals surface area contributed by atoms with Crippen molar-refractivity contribution in [1.82, 2.24) is 15.3 Å². The number of nitrogens with zero attached hydrogens (tertiary/aromatic N) is 2. The molecule has 0 spiro atoms. The number of amides is 2. The van der Waals surface area contributed by atoms with Crippen molar-refractivity contribution in [3.63, 3.8) is 0 Å². The van der Waals surface area contributed by atoms with Gasteiger partial charge in [-0.3, -0.25) is 9.59 Å². The van der Waals surface area contributed by atoms with Crippen LogP contribution in [0.1, 0.15) is 30.1 Å². The number of benzene rings is 1. The molecule has 0 aliphatic heterocycles. The minimum atomic E-state index is -0.599. The van der Waals surface area contributed by atoms with Crippen LogP contribution in [-0.4, -0.2) is 35.0 Å². The number of nitrogens with two attached hydrogens (primary N) is 1. The minimum Gasteiger partial charge on any atom is -0.368 e. The van der Waals surface area contributed by atoms with E-state index in [0.717, 1.165) is 36.1 Å². The first-order valence-corrected chi connectivity index (χ1v) is 8.20. The molecule has 2 amide bonds. The monoisotopic (exact) mass is 340 g/mol. The number of carbonyl (C=O) groups excluding carboxylic acids is 2. The SMILES string of the molecule is NC(=O)COCC(=O)N[C@H]1CCCc2nc(-c3ccccc3)ncc21. The molecule has 7 heteroatoms. The Kier molecular flexibility index (Phi) is 5.35. The molecule has 0 fully saturated rings. The van der Waals surface area contributed by atoms with Crippen molar-refractivity contribution in [1.29, 1.82) is 0 Å². The topological polar surface area (TPSA) is 107 Å². The zero-order chi connectivity index (χ0) is 17.6. The second-order valence-electron chi connectivity index (χ2n) is 5.93. The molecule has 1 heterocycles. The standard InChI is InChI=1S/C18H20N4O3/c19-16(23)10-25-11-17(24)21-14-7-4-8-15-13(14)9-20-18(22-15)12-5-2-1-3-6-12/h1-3,5-6,9,14H,4,7-8,10-11H2,(H2,19,23)(H,21,24)/t14-/m0/s1. The molecule has 7 nitrogen and oxygen atoms in total. The van der Waals surface area contributed by atoms with Gasteiger partial charge >= 0.3 is 0 Å². The first kappa shape index (κ1) is 17.0. The zero-order valence-electron chi connectivity index (χ0n) is 13.8. The highest BCUT2D eigenvalue weighted by Crippen LogP contribution is 2.29. The lowest BCUT2D eigenvalue weighted by atomic mass is 9.92. The average Bonchev–Trinajstić information content (AvgIpc) is 2.62. The third-order valence-electron chi connectivity index (χ3n) is 4.03. The number of rotatable bonds is 6. The molecular formula is C18H20N4O3. The molecular weight excluding hydrogens is 320 g/mol. The van der Waals surface area contributed by atoms with E-state index < -0.39 is 5.91 Å². The van der Waals surface area contributed by atoms with Gasteiger partial charge < -0.3 is 15.8 Å². The molecule has 0 radical (unpaired) electrons. The third kappa shape index (κ3) is 4.39. The number of hydrogen-bond donors (Lipinski definition) is 2. The van der Waals surface area contributed by atoms with E-state index in [4.69, 9.17) is 10.5 Å². The summed E-state index contributed by atoms with van der Waals surface area (Å²) in [4.78, 5) is 31.7. The van der Waals surface area contributed by atoms with Crippen LogP contribution < -0.4 is 11.1 Å². The van der Waals surface area contributed by atoms with E-state index in [2.05, 4.69) is 15.3 Å². The van der Waals surface area contributed by atoms with Crippen LogP contribution in [-0.2, 0) is 20.7 Å². The van der Waals surface area contributed by atoms with Gasteiger partial charge in [-0.2, -0.15) is 0 Å². The summed E-state index contributed by atoms with van der Waals surface area (Å²) >= 11 is 0. The van der Waals surface area contributed by atoms with Crippen molar-refractivity contribution in [2.75, 3.05) is 13.2 Å². The summed E-state index contributed by atoms with van der Waals surface area (Å²) < 4.78 is 4.95. The van der Waals surface area contributed by atoms with Crippen LogP contribution in [0.5, 0.6) is 0 Å². The van der Waals surface area contributed by atoms with Crippen molar-refractivity contribution >= 4 is 11.8 Å². The van der Waals surface area contributed by atoms with Crippen molar-refractivity contribution in [3.8, 4) is 11.4 Å². The highest BCUT2D eigenvalue weighted by Gasteiger charge is 2.24. The molecule has 0 bridgehead atoms. The number of nitrogens with one attached hydrogen (secondary N) is 1. The van der Waals surface area contributed by atoms with Gasteiger partial charge in [0.1, 0.15) is 13.2 Å². The average molecular weight is 340 g/mol. The van der Waals surface area contributed by atoms with E-state index in [1.807, 2.05) is 30.3 Å². The lowest BCUT2D eigenvalue weighted by molar-refractivity contribution is -0.130. The highest BCUT2D eigenvalue weighted by molar-refractivity contribution is 5.79. The van der Waals surface area contributed by atoms with Gasteiger partial charge in [-0.15, -0.1) is 0 Å². The molecule has 1 aromatic heterocycles. The summed E-state index contributed by atoms with van der Waals surface area (Å²) in [6.07, 6.45) is 4.41. The minimum absolute atomic E-state index is 0.141. The maximum absolute atomic E-state index is 12.0. The molecule has 1 aliphatic rings. The van der Waals surface area contributed by atoms with Gasteiger partial charge in [-0.25, -0.2) is 9.97 Å². The van der Waals surface area contributed by atoms with Crippen molar-refractivity contribution < 1.29 is 14.3 Å². The molecule has 1 aliphatic carbocycles. The Balaban J connectivity index is 1.70. The van der Waals surface area contributed by atoms with Crippen LogP contribution in [0.25, 0.3) is 11.4 Å². The second kappa shape index (κ2) is 7.85. The van der Waals surface area contributed by atoms with Crippen molar-refractivity contribution in [3.05, 3.63) is 47.8 Å². The summed E-state index contributed by atoms with van der Waals surface area (Å²) in [6, 6.07) is 9.66. The predicted molar refractivity (Wildman–Crippen MR) is 91.3 cm³/mol. The first-order chi connectivity index (χ1) is 12.1. The van der Waals surface area contributed by atoms with Crippen LogP contribution in [0.4, 0.5) is 0 Å². The van der Waals surface area contributed by atoms with Gasteiger partial charge in [-0.1, -0.05) is 30.3 Å². The number of hydrogen-bond acceptors (Lipinski definition) is 5. The fraction of sp³-hybridized carbons (Fsp3) is 0.333. The normalized spacial score (nSPS) is 16.1. The molecule has 1 atom stereocenters. The van der Waals surface area contributed by atoms with E-state index in [0.29, 0.717) is 5.82 Å². The number of aromatic nitrogens is 2. The molecule has 0 unspecified atom stereocenters. The molecule has 1 aromatic carbocycles. The molecule has 0 saturated heterocycles. The fourth-order valence-electron chi connectivity index (χ4n) is 2.90. The summed E-state index contributed by atoms with van der Waals surface area (Å²) in [5, 5.41) is 2.91. The van der Waals surface area contributed by atoms with E-state index in [1.165, 1.54) is 0 Å². The molecule has 130 valence electrons. The Labute approximate surface area is 145 Å². The molecule has 0 saturated carbocycles. The lowest BCUT2D eigenvalue weighted by Crippen LogP contribution is -2.34. The smallest absolute Gasteiger partial charge is 0.246 e. The van der Waals surface area contributed by atoms with E-state index in [-0.39, 0.29) is 25.2 Å². The van der Waals surface area contributed by atoms with E-state index in [9.17, 15) is 9.59 Å². The number of carbonyl (C=O) groups is 2. The van der Waals surface area contributed by atoms with Crippen LogP contribution in [0, 0.1) is 0 Å². The van der Waals surface area contributed by atoms with E-state index in [1.54, 1.807) is 6.20 Å². The van der Waals surface area contributed by atoms with Gasteiger partial charge in [0.15, 0.2) is 5.82 Å². The predicted octanol–water partition coefficient (Wildman–Crippen LogP) is 1.14. The zero-order valence-corrected chi connectivity index (χ0v) is 13.8. The Morgan fingerprint density at radius 3 is 2.80 bits per heavy atom. The van der Waals surface area contributed by atoms with Gasteiger partial charge in [-0.05, 0) is 19.3 Å². The van der Waals surface area contributed by atoms with Gasteiger partial charge in [0.2, 0.25) is 11.8 Å². The van der Waals surface area contributed by atoms with Crippen LogP contribution in [0.2, 0.25) is 0 Å². The maximum Gasteiger partial charge on any atom is 0.246 e. The van der Waals surface area contributed by atoms with Gasteiger partial charge in [0.05, 0.1) is 6.04 Å². The first-order valence-electron chi connectivity index (χ1n) is 8.20. The summed E-state index contributed by atoms with van der Waals surface area (Å²) in [5.74, 6) is -0.194. The molecule has 25 heavy (non-hydrogen) atoms. The number of aryl methyl sites for hydroxylation is 1. The van der Waals surface area contributed by atoms with Crippen LogP contribution in [0.15, 0.2) is 36.5 Å². The fourth-order valence-corrected chi connectivity index (χ4v) is 2.90.